The van der Waals surface area contributed by atoms with Crippen molar-refractivity contribution in [2.45, 2.75) is 65.9 Å². The van der Waals surface area contributed by atoms with Gasteiger partial charge in [-0.3, -0.25) is 0 Å². The second-order valence-electron chi connectivity index (χ2n) is 10.4. The van der Waals surface area contributed by atoms with E-state index in [2.05, 4.69) is 45.0 Å². The van der Waals surface area contributed by atoms with Crippen LogP contribution in [0.4, 0.5) is 4.79 Å². The Morgan fingerprint density at radius 1 is 1.06 bits per heavy atom. The molecule has 2 aromatic heterocycles. The molecule has 1 fully saturated rings. The first-order valence-corrected chi connectivity index (χ1v) is 12.0. The highest BCUT2D eigenvalue weighted by Crippen LogP contribution is 2.35. The average molecular weight is 462 g/mol. The van der Waals surface area contributed by atoms with Crippen LogP contribution in [0.2, 0.25) is 0 Å². The summed E-state index contributed by atoms with van der Waals surface area (Å²) < 4.78 is 11.3. The fourth-order valence-corrected chi connectivity index (χ4v) is 4.77. The Labute approximate surface area is 202 Å². The van der Waals surface area contributed by atoms with Crippen molar-refractivity contribution in [2.24, 2.45) is 0 Å². The number of piperidine rings is 1. The molecule has 1 aliphatic rings. The molecular weight excluding hydrogens is 426 g/mol. The molecule has 1 saturated heterocycles. The van der Waals surface area contributed by atoms with Crippen LogP contribution in [0.15, 0.2) is 30.3 Å². The molecule has 6 heteroatoms. The maximum atomic E-state index is 12.6. The predicted octanol–water partition coefficient (Wildman–Crippen LogP) is 6.35. The number of hydrogen-bond acceptors (Lipinski definition) is 5. The van der Waals surface area contributed by atoms with Gasteiger partial charge in [-0.25, -0.2) is 14.8 Å². The number of likely N-dealkylation sites (tertiary alicyclic amines) is 1. The van der Waals surface area contributed by atoms with E-state index in [1.54, 1.807) is 12.0 Å². The molecule has 1 unspecified atom stereocenters. The fraction of sp³-hybridized carbons (Fsp3) is 0.464. The summed E-state index contributed by atoms with van der Waals surface area (Å²) in [7, 11) is 1.70. The third kappa shape index (κ3) is 5.01. The summed E-state index contributed by atoms with van der Waals surface area (Å²) in [6, 6.07) is 10.5. The molecule has 34 heavy (non-hydrogen) atoms. The Morgan fingerprint density at radius 3 is 2.53 bits per heavy atom. The molecule has 0 spiro atoms. The van der Waals surface area contributed by atoms with Gasteiger partial charge in [-0.1, -0.05) is 6.07 Å². The third-order valence-corrected chi connectivity index (χ3v) is 6.31. The van der Waals surface area contributed by atoms with Gasteiger partial charge in [0.1, 0.15) is 11.4 Å². The van der Waals surface area contributed by atoms with E-state index in [-0.39, 0.29) is 12.0 Å². The number of pyridine rings is 2. The summed E-state index contributed by atoms with van der Waals surface area (Å²) in [6.45, 7) is 13.3. The summed E-state index contributed by atoms with van der Waals surface area (Å²) in [4.78, 5) is 24.4. The number of carbonyl (C=O) groups is 1. The predicted molar refractivity (Wildman–Crippen MR) is 136 cm³/mol. The zero-order valence-corrected chi connectivity index (χ0v) is 21.4. The van der Waals surface area contributed by atoms with Gasteiger partial charge < -0.3 is 14.4 Å². The topological polar surface area (TPSA) is 64.5 Å². The number of nitrogens with zero attached hydrogens (tertiary/aromatic N) is 3. The Kier molecular flexibility index (Phi) is 6.52. The number of ether oxygens (including phenoxy) is 2. The molecule has 4 rings (SSSR count). The van der Waals surface area contributed by atoms with E-state index in [1.807, 2.05) is 26.8 Å². The molecule has 0 bridgehead atoms. The number of carbonyl (C=O) groups excluding carboxylic acids is 1. The molecule has 180 valence electrons. The van der Waals surface area contributed by atoms with Crippen LogP contribution >= 0.6 is 0 Å². The molecule has 1 amide bonds. The van der Waals surface area contributed by atoms with Crippen molar-refractivity contribution in [2.75, 3.05) is 20.2 Å². The van der Waals surface area contributed by atoms with E-state index in [9.17, 15) is 4.79 Å². The SMILES string of the molecule is COc1cc(C)cc(C)c1-c1cc(C)c2ccc(C3CCCN(C(=O)OC(C)(C)C)C3)nc2n1. The lowest BCUT2D eigenvalue weighted by Crippen LogP contribution is -2.42. The van der Waals surface area contributed by atoms with Crippen molar-refractivity contribution in [1.29, 1.82) is 0 Å². The van der Waals surface area contributed by atoms with Gasteiger partial charge in [0, 0.05) is 35.7 Å². The van der Waals surface area contributed by atoms with Crippen molar-refractivity contribution >= 4 is 17.1 Å². The lowest BCUT2D eigenvalue weighted by Gasteiger charge is -2.34. The van der Waals surface area contributed by atoms with Crippen molar-refractivity contribution in [3.8, 4) is 17.0 Å². The normalized spacial score (nSPS) is 16.6. The van der Waals surface area contributed by atoms with Crippen LogP contribution in [0.1, 0.15) is 61.9 Å². The molecule has 1 atom stereocenters. The van der Waals surface area contributed by atoms with Crippen LogP contribution in [-0.2, 0) is 4.74 Å². The van der Waals surface area contributed by atoms with Crippen molar-refractivity contribution in [3.05, 3.63) is 52.7 Å². The number of benzene rings is 1. The number of hydrogen-bond donors (Lipinski definition) is 0. The first-order chi connectivity index (χ1) is 16.1. The van der Waals surface area contributed by atoms with Gasteiger partial charge >= 0.3 is 6.09 Å². The van der Waals surface area contributed by atoms with E-state index >= 15 is 0 Å². The van der Waals surface area contributed by atoms with E-state index < -0.39 is 5.60 Å². The highest BCUT2D eigenvalue weighted by molar-refractivity contribution is 5.84. The summed E-state index contributed by atoms with van der Waals surface area (Å²) in [5.41, 5.74) is 6.46. The first-order valence-electron chi connectivity index (χ1n) is 12.0. The highest BCUT2D eigenvalue weighted by atomic mass is 16.6. The van der Waals surface area contributed by atoms with Gasteiger partial charge in [0.2, 0.25) is 0 Å². The van der Waals surface area contributed by atoms with Crippen LogP contribution in [0.25, 0.3) is 22.3 Å². The summed E-state index contributed by atoms with van der Waals surface area (Å²) in [5.74, 6) is 0.979. The lowest BCUT2D eigenvalue weighted by molar-refractivity contribution is 0.0197. The van der Waals surface area contributed by atoms with Gasteiger partial charge in [-0.15, -0.1) is 0 Å². The van der Waals surface area contributed by atoms with Crippen molar-refractivity contribution < 1.29 is 14.3 Å². The standard InChI is InChI=1S/C28H35N3O3/c1-17-13-19(3)25(24(14-17)33-7)23-15-18(2)21-10-11-22(29-26(21)30-23)20-9-8-12-31(16-20)27(32)34-28(4,5)6/h10-11,13-15,20H,8-9,12,16H2,1-7H3. The fourth-order valence-electron chi connectivity index (χ4n) is 4.77. The zero-order valence-electron chi connectivity index (χ0n) is 21.4. The van der Waals surface area contributed by atoms with Gasteiger partial charge in [0.25, 0.3) is 0 Å². The van der Waals surface area contributed by atoms with E-state index in [1.165, 1.54) is 0 Å². The van der Waals surface area contributed by atoms with Crippen molar-refractivity contribution in [1.82, 2.24) is 14.9 Å². The minimum absolute atomic E-state index is 0.159. The van der Waals surface area contributed by atoms with Crippen LogP contribution < -0.4 is 4.74 Å². The molecule has 1 aliphatic heterocycles. The minimum Gasteiger partial charge on any atom is -0.496 e. The van der Waals surface area contributed by atoms with Crippen molar-refractivity contribution in [3.63, 3.8) is 0 Å². The van der Waals surface area contributed by atoms with Crippen LogP contribution in [0.5, 0.6) is 5.75 Å². The number of amides is 1. The lowest BCUT2D eigenvalue weighted by atomic mass is 9.94. The number of aromatic nitrogens is 2. The number of methoxy groups -OCH3 is 1. The van der Waals surface area contributed by atoms with Gasteiger partial charge in [-0.05, 0) is 95.3 Å². The average Bonchev–Trinajstić information content (AvgIpc) is 2.77. The van der Waals surface area contributed by atoms with Crippen LogP contribution in [0.3, 0.4) is 0 Å². The Balaban J connectivity index is 1.69. The molecule has 6 nitrogen and oxygen atoms in total. The second kappa shape index (κ2) is 9.24. The van der Waals surface area contributed by atoms with Gasteiger partial charge in [0.05, 0.1) is 12.8 Å². The smallest absolute Gasteiger partial charge is 0.410 e. The second-order valence-corrected chi connectivity index (χ2v) is 10.4. The van der Waals surface area contributed by atoms with E-state index in [0.717, 1.165) is 63.3 Å². The maximum Gasteiger partial charge on any atom is 0.410 e. The van der Waals surface area contributed by atoms with Gasteiger partial charge in [-0.2, -0.15) is 0 Å². The maximum absolute atomic E-state index is 12.6. The Morgan fingerprint density at radius 2 is 1.82 bits per heavy atom. The van der Waals surface area contributed by atoms with Crippen LogP contribution in [-0.4, -0.2) is 46.8 Å². The zero-order chi connectivity index (χ0) is 24.6. The quantitative estimate of drug-likeness (QED) is 0.455. The van der Waals surface area contributed by atoms with E-state index in [0.29, 0.717) is 13.1 Å². The number of rotatable bonds is 3. The Bertz CT molecular complexity index is 1230. The monoisotopic (exact) mass is 461 g/mol. The number of aryl methyl sites for hydroxylation is 3. The van der Waals surface area contributed by atoms with Crippen LogP contribution in [0, 0.1) is 20.8 Å². The minimum atomic E-state index is -0.502. The third-order valence-electron chi connectivity index (χ3n) is 6.31. The largest absolute Gasteiger partial charge is 0.496 e. The van der Waals surface area contributed by atoms with E-state index in [4.69, 9.17) is 19.4 Å². The summed E-state index contributed by atoms with van der Waals surface area (Å²) in [5, 5.41) is 1.04. The molecule has 0 N–H and O–H groups in total. The summed E-state index contributed by atoms with van der Waals surface area (Å²) >= 11 is 0. The molecule has 3 heterocycles. The number of fused-ring (bicyclic) bond motifs is 1. The molecule has 0 aliphatic carbocycles. The Hall–Kier alpha value is -3.15. The van der Waals surface area contributed by atoms with Gasteiger partial charge in [0.15, 0.2) is 5.65 Å². The molecule has 1 aromatic carbocycles. The summed E-state index contributed by atoms with van der Waals surface area (Å²) in [6.07, 6.45) is 1.66. The molecule has 3 aromatic rings. The first kappa shape index (κ1) is 24.0. The molecule has 0 saturated carbocycles. The molecule has 0 radical (unpaired) electrons. The highest BCUT2D eigenvalue weighted by Gasteiger charge is 2.29. The molecular formula is C28H35N3O3.